The van der Waals surface area contributed by atoms with Crippen LogP contribution in [0.15, 0.2) is 54.7 Å². The van der Waals surface area contributed by atoms with Crippen molar-refractivity contribution in [3.8, 4) is 5.75 Å². The van der Waals surface area contributed by atoms with Crippen molar-refractivity contribution in [3.05, 3.63) is 60.4 Å². The third-order valence-corrected chi connectivity index (χ3v) is 3.67. The van der Waals surface area contributed by atoms with Gasteiger partial charge in [0.15, 0.2) is 0 Å². The maximum Gasteiger partial charge on any atom is 0.226 e. The molecule has 1 saturated heterocycles. The van der Waals surface area contributed by atoms with Gasteiger partial charge in [-0.2, -0.15) is 0 Å². The maximum atomic E-state index is 12.0. The van der Waals surface area contributed by atoms with Crippen LogP contribution in [-0.4, -0.2) is 35.5 Å². The van der Waals surface area contributed by atoms with E-state index >= 15 is 0 Å². The van der Waals surface area contributed by atoms with Gasteiger partial charge in [-0.05, 0) is 24.3 Å². The number of aromatic nitrogens is 1. The number of amides is 1. The third kappa shape index (κ3) is 3.40. The van der Waals surface area contributed by atoms with Crippen LogP contribution >= 0.6 is 0 Å². The van der Waals surface area contributed by atoms with Gasteiger partial charge in [0.1, 0.15) is 5.75 Å². The molecule has 0 bridgehead atoms. The summed E-state index contributed by atoms with van der Waals surface area (Å²) in [5.41, 5.74) is 1.07. The Bertz CT molecular complexity index is 580. The van der Waals surface area contributed by atoms with Crippen LogP contribution in [0.2, 0.25) is 0 Å². The first-order valence-corrected chi connectivity index (χ1v) is 7.19. The Morgan fingerprint density at radius 1 is 1.14 bits per heavy atom. The standard InChI is InChI=1S/C17H18N2O2/c20-17(9-11-21-15-6-2-1-3-7-15)19-12-14(13-19)16-8-4-5-10-18-16/h1-8,10,14H,9,11-13H2. The second-order valence-corrected chi connectivity index (χ2v) is 5.16. The largest absolute Gasteiger partial charge is 0.493 e. The van der Waals surface area contributed by atoms with Crippen LogP contribution in [0, 0.1) is 0 Å². The van der Waals surface area contributed by atoms with E-state index in [-0.39, 0.29) is 5.91 Å². The molecule has 0 saturated carbocycles. The molecule has 4 heteroatoms. The minimum atomic E-state index is 0.151. The number of carbonyl (C=O) groups is 1. The molecule has 0 atom stereocenters. The zero-order chi connectivity index (χ0) is 14.5. The number of pyridine rings is 1. The Labute approximate surface area is 124 Å². The van der Waals surface area contributed by atoms with Crippen LogP contribution in [0.1, 0.15) is 18.0 Å². The number of hydrogen-bond acceptors (Lipinski definition) is 3. The zero-order valence-corrected chi connectivity index (χ0v) is 11.8. The number of ether oxygens (including phenoxy) is 1. The highest BCUT2D eigenvalue weighted by Gasteiger charge is 2.31. The van der Waals surface area contributed by atoms with E-state index in [1.165, 1.54) is 0 Å². The topological polar surface area (TPSA) is 42.4 Å². The molecule has 0 spiro atoms. The lowest BCUT2D eigenvalue weighted by Gasteiger charge is -2.39. The summed E-state index contributed by atoms with van der Waals surface area (Å²) in [4.78, 5) is 18.2. The van der Waals surface area contributed by atoms with E-state index < -0.39 is 0 Å². The Kier molecular flexibility index (Phi) is 4.15. The number of likely N-dealkylation sites (tertiary alicyclic amines) is 1. The molecule has 1 aliphatic rings. The van der Waals surface area contributed by atoms with Gasteiger partial charge in [0.25, 0.3) is 0 Å². The van der Waals surface area contributed by atoms with Crippen molar-refractivity contribution in [1.29, 1.82) is 0 Å². The lowest BCUT2D eigenvalue weighted by Crippen LogP contribution is -2.49. The first-order valence-electron chi connectivity index (χ1n) is 7.19. The van der Waals surface area contributed by atoms with E-state index in [0.29, 0.717) is 18.9 Å². The summed E-state index contributed by atoms with van der Waals surface area (Å²) in [6, 6.07) is 15.5. The van der Waals surface area contributed by atoms with Crippen LogP contribution in [0.3, 0.4) is 0 Å². The van der Waals surface area contributed by atoms with Crippen molar-refractivity contribution in [2.45, 2.75) is 12.3 Å². The second kappa shape index (κ2) is 6.39. The second-order valence-electron chi connectivity index (χ2n) is 5.16. The minimum Gasteiger partial charge on any atom is -0.493 e. The monoisotopic (exact) mass is 282 g/mol. The lowest BCUT2D eigenvalue weighted by molar-refractivity contribution is -0.136. The van der Waals surface area contributed by atoms with Crippen molar-refractivity contribution >= 4 is 5.91 Å². The molecule has 1 amide bonds. The fraction of sp³-hybridized carbons (Fsp3) is 0.294. The van der Waals surface area contributed by atoms with Crippen LogP contribution in [-0.2, 0) is 4.79 Å². The van der Waals surface area contributed by atoms with Crippen molar-refractivity contribution < 1.29 is 9.53 Å². The summed E-state index contributed by atoms with van der Waals surface area (Å²) in [6.07, 6.45) is 2.22. The van der Waals surface area contributed by atoms with Crippen LogP contribution in [0.4, 0.5) is 0 Å². The summed E-state index contributed by atoms with van der Waals surface area (Å²) in [6.45, 7) is 1.95. The Balaban J connectivity index is 1.40. The number of hydrogen-bond donors (Lipinski definition) is 0. The molecule has 2 heterocycles. The average molecular weight is 282 g/mol. The van der Waals surface area contributed by atoms with E-state index in [0.717, 1.165) is 24.5 Å². The molecule has 0 aliphatic carbocycles. The van der Waals surface area contributed by atoms with E-state index in [2.05, 4.69) is 4.98 Å². The minimum absolute atomic E-state index is 0.151. The summed E-state index contributed by atoms with van der Waals surface area (Å²) in [5.74, 6) is 1.34. The van der Waals surface area contributed by atoms with Gasteiger partial charge in [-0.15, -0.1) is 0 Å². The molecule has 0 N–H and O–H groups in total. The maximum absolute atomic E-state index is 12.0. The van der Waals surface area contributed by atoms with Gasteiger partial charge in [-0.1, -0.05) is 24.3 Å². The first-order chi connectivity index (χ1) is 10.3. The molecule has 0 unspecified atom stereocenters. The Morgan fingerprint density at radius 2 is 1.90 bits per heavy atom. The van der Waals surface area contributed by atoms with Gasteiger partial charge in [0.05, 0.1) is 13.0 Å². The number of para-hydroxylation sites is 1. The molecule has 108 valence electrons. The molecule has 1 fully saturated rings. The molecular formula is C17H18N2O2. The van der Waals surface area contributed by atoms with Gasteiger partial charge >= 0.3 is 0 Å². The molecule has 2 aromatic rings. The zero-order valence-electron chi connectivity index (χ0n) is 11.8. The SMILES string of the molecule is O=C(CCOc1ccccc1)N1CC(c2ccccn2)C1. The van der Waals surface area contributed by atoms with Crippen LogP contribution in [0.5, 0.6) is 5.75 Å². The number of rotatable bonds is 5. The van der Waals surface area contributed by atoms with E-state index in [1.807, 2.05) is 53.4 Å². The number of benzene rings is 1. The predicted octanol–water partition coefficient (Wildman–Crippen LogP) is 2.48. The molecule has 3 rings (SSSR count). The fourth-order valence-electron chi connectivity index (χ4n) is 2.42. The Morgan fingerprint density at radius 3 is 2.62 bits per heavy atom. The van der Waals surface area contributed by atoms with Crippen molar-refractivity contribution in [3.63, 3.8) is 0 Å². The summed E-state index contributed by atoms with van der Waals surface area (Å²) >= 11 is 0. The molecule has 0 radical (unpaired) electrons. The fourth-order valence-corrected chi connectivity index (χ4v) is 2.42. The average Bonchev–Trinajstić information content (AvgIpc) is 2.48. The molecule has 1 aromatic heterocycles. The summed E-state index contributed by atoms with van der Waals surface area (Å²) in [5, 5.41) is 0. The van der Waals surface area contributed by atoms with Gasteiger partial charge < -0.3 is 9.64 Å². The quantitative estimate of drug-likeness (QED) is 0.846. The molecule has 1 aromatic carbocycles. The first kappa shape index (κ1) is 13.6. The van der Waals surface area contributed by atoms with Crippen LogP contribution < -0.4 is 4.74 Å². The van der Waals surface area contributed by atoms with E-state index in [4.69, 9.17) is 4.74 Å². The van der Waals surface area contributed by atoms with Crippen molar-refractivity contribution in [2.75, 3.05) is 19.7 Å². The number of nitrogens with zero attached hydrogens (tertiary/aromatic N) is 2. The highest BCUT2D eigenvalue weighted by Crippen LogP contribution is 2.25. The van der Waals surface area contributed by atoms with Gasteiger partial charge in [-0.3, -0.25) is 9.78 Å². The normalized spacial score (nSPS) is 14.6. The predicted molar refractivity (Wildman–Crippen MR) is 80.1 cm³/mol. The summed E-state index contributed by atoms with van der Waals surface area (Å²) < 4.78 is 5.55. The van der Waals surface area contributed by atoms with Crippen molar-refractivity contribution in [1.82, 2.24) is 9.88 Å². The molecule has 4 nitrogen and oxygen atoms in total. The van der Waals surface area contributed by atoms with Gasteiger partial charge in [0.2, 0.25) is 5.91 Å². The third-order valence-electron chi connectivity index (χ3n) is 3.67. The smallest absolute Gasteiger partial charge is 0.226 e. The molecule has 1 aliphatic heterocycles. The molecule has 21 heavy (non-hydrogen) atoms. The Hall–Kier alpha value is -2.36. The van der Waals surface area contributed by atoms with Gasteiger partial charge in [-0.25, -0.2) is 0 Å². The van der Waals surface area contributed by atoms with Crippen molar-refractivity contribution in [2.24, 2.45) is 0 Å². The number of carbonyl (C=O) groups excluding carboxylic acids is 1. The van der Waals surface area contributed by atoms with Crippen LogP contribution in [0.25, 0.3) is 0 Å². The van der Waals surface area contributed by atoms with Gasteiger partial charge in [0, 0.05) is 30.9 Å². The highest BCUT2D eigenvalue weighted by atomic mass is 16.5. The summed E-state index contributed by atoms with van der Waals surface area (Å²) in [7, 11) is 0. The highest BCUT2D eigenvalue weighted by molar-refractivity contribution is 5.77. The van der Waals surface area contributed by atoms with E-state index in [1.54, 1.807) is 6.20 Å². The lowest BCUT2D eigenvalue weighted by atomic mass is 9.95. The molecular weight excluding hydrogens is 264 g/mol. The van der Waals surface area contributed by atoms with E-state index in [9.17, 15) is 4.79 Å².